The van der Waals surface area contributed by atoms with Gasteiger partial charge in [0.25, 0.3) is 10.0 Å². The maximum Gasteiger partial charge on any atom is 0.275 e. The minimum Gasteiger partial charge on any atom is -0.447 e. The Kier molecular flexibility index (Phi) is 4.53. The van der Waals surface area contributed by atoms with E-state index < -0.39 is 15.6 Å². The van der Waals surface area contributed by atoms with Gasteiger partial charge in [-0.15, -0.1) is 0 Å². The van der Waals surface area contributed by atoms with E-state index in [2.05, 4.69) is 5.32 Å². The normalized spacial score (nSPS) is 18.8. The standard InChI is InChI=1S/C13H22N2O4S/c1-15(2)20(17,18)12-6-5-11(19-12)9-14-10-13(16)7-3-4-8-13/h5-6,14,16H,3-4,7-10H2,1-2H3. The van der Waals surface area contributed by atoms with Crippen molar-refractivity contribution in [3.8, 4) is 0 Å². The van der Waals surface area contributed by atoms with Crippen LogP contribution < -0.4 is 5.32 Å². The molecule has 1 aromatic heterocycles. The molecule has 0 saturated heterocycles. The molecule has 6 nitrogen and oxygen atoms in total. The molecule has 0 bridgehead atoms. The van der Waals surface area contributed by atoms with Crippen molar-refractivity contribution in [1.82, 2.24) is 9.62 Å². The van der Waals surface area contributed by atoms with Crippen LogP contribution in [0.15, 0.2) is 21.6 Å². The highest BCUT2D eigenvalue weighted by atomic mass is 32.2. The Morgan fingerprint density at radius 3 is 2.60 bits per heavy atom. The number of nitrogens with zero attached hydrogens (tertiary/aromatic N) is 1. The number of hydrogen-bond acceptors (Lipinski definition) is 5. The molecule has 1 fully saturated rings. The number of sulfonamides is 1. The molecule has 2 N–H and O–H groups in total. The summed E-state index contributed by atoms with van der Waals surface area (Å²) in [4.78, 5) is 0. The zero-order valence-corrected chi connectivity index (χ0v) is 12.7. The Labute approximate surface area is 119 Å². The van der Waals surface area contributed by atoms with Gasteiger partial charge in [0.05, 0.1) is 12.1 Å². The van der Waals surface area contributed by atoms with E-state index in [-0.39, 0.29) is 5.09 Å². The molecule has 20 heavy (non-hydrogen) atoms. The molecule has 1 saturated carbocycles. The van der Waals surface area contributed by atoms with Gasteiger partial charge >= 0.3 is 0 Å². The minimum atomic E-state index is -3.52. The second-order valence-electron chi connectivity index (χ2n) is 5.54. The summed E-state index contributed by atoms with van der Waals surface area (Å²) in [5, 5.41) is 13.3. The van der Waals surface area contributed by atoms with Gasteiger partial charge in [0.2, 0.25) is 5.09 Å². The molecule has 114 valence electrons. The lowest BCUT2D eigenvalue weighted by atomic mass is 10.0. The maximum absolute atomic E-state index is 11.9. The third-order valence-corrected chi connectivity index (χ3v) is 5.35. The lowest BCUT2D eigenvalue weighted by Crippen LogP contribution is -2.37. The molecule has 0 unspecified atom stereocenters. The van der Waals surface area contributed by atoms with Gasteiger partial charge in [-0.05, 0) is 25.0 Å². The van der Waals surface area contributed by atoms with Crippen molar-refractivity contribution < 1.29 is 17.9 Å². The zero-order chi connectivity index (χ0) is 14.8. The molecule has 0 aromatic carbocycles. The van der Waals surface area contributed by atoms with Crippen LogP contribution in [0, 0.1) is 0 Å². The molecular weight excluding hydrogens is 280 g/mol. The Hall–Kier alpha value is -0.890. The maximum atomic E-state index is 11.9. The molecule has 0 spiro atoms. The summed E-state index contributed by atoms with van der Waals surface area (Å²) >= 11 is 0. The molecule has 7 heteroatoms. The predicted octanol–water partition coefficient (Wildman–Crippen LogP) is 0.925. The average Bonchev–Trinajstić information content (AvgIpc) is 2.99. The number of rotatable bonds is 6. The Balaban J connectivity index is 1.90. The number of hydrogen-bond donors (Lipinski definition) is 2. The van der Waals surface area contributed by atoms with Gasteiger partial charge in [-0.1, -0.05) is 12.8 Å². The minimum absolute atomic E-state index is 0.0566. The van der Waals surface area contributed by atoms with Gasteiger partial charge in [-0.25, -0.2) is 12.7 Å². The summed E-state index contributed by atoms with van der Waals surface area (Å²) in [6.45, 7) is 0.911. The number of nitrogens with one attached hydrogen (secondary N) is 1. The quantitative estimate of drug-likeness (QED) is 0.816. The third kappa shape index (κ3) is 3.41. The van der Waals surface area contributed by atoms with E-state index in [4.69, 9.17) is 4.42 Å². The molecule has 0 aliphatic heterocycles. The Bertz CT molecular complexity index is 544. The average molecular weight is 302 g/mol. The lowest BCUT2D eigenvalue weighted by molar-refractivity contribution is 0.0470. The SMILES string of the molecule is CN(C)S(=O)(=O)c1ccc(CNCC2(O)CCCC2)o1. The van der Waals surface area contributed by atoms with Crippen LogP contribution in [-0.4, -0.2) is 44.1 Å². The highest BCUT2D eigenvalue weighted by molar-refractivity contribution is 7.88. The van der Waals surface area contributed by atoms with Crippen molar-refractivity contribution in [2.45, 2.75) is 42.9 Å². The first-order valence-electron chi connectivity index (χ1n) is 6.78. The zero-order valence-electron chi connectivity index (χ0n) is 11.9. The second kappa shape index (κ2) is 5.85. The van der Waals surface area contributed by atoms with Gasteiger partial charge in [-0.3, -0.25) is 0 Å². The predicted molar refractivity (Wildman–Crippen MR) is 74.7 cm³/mol. The summed E-state index contributed by atoms with van der Waals surface area (Å²) in [6.07, 6.45) is 3.76. The van der Waals surface area contributed by atoms with E-state index in [1.165, 1.54) is 20.2 Å². The van der Waals surface area contributed by atoms with Crippen LogP contribution in [0.25, 0.3) is 0 Å². The van der Waals surface area contributed by atoms with E-state index in [9.17, 15) is 13.5 Å². The lowest BCUT2D eigenvalue weighted by Gasteiger charge is -2.22. The summed E-state index contributed by atoms with van der Waals surface area (Å²) < 4.78 is 30.2. The van der Waals surface area contributed by atoms with Crippen LogP contribution in [-0.2, 0) is 16.6 Å². The fourth-order valence-electron chi connectivity index (χ4n) is 2.40. The van der Waals surface area contributed by atoms with Crippen LogP contribution in [0.3, 0.4) is 0 Å². The van der Waals surface area contributed by atoms with Crippen molar-refractivity contribution >= 4 is 10.0 Å². The van der Waals surface area contributed by atoms with E-state index in [1.807, 2.05) is 0 Å². The second-order valence-corrected chi connectivity index (χ2v) is 7.63. The number of furan rings is 1. The molecule has 2 rings (SSSR count). The van der Waals surface area contributed by atoms with Crippen molar-refractivity contribution in [2.24, 2.45) is 0 Å². The molecule has 1 heterocycles. The molecule has 1 aromatic rings. The molecule has 0 amide bonds. The van der Waals surface area contributed by atoms with Crippen molar-refractivity contribution in [3.63, 3.8) is 0 Å². The van der Waals surface area contributed by atoms with E-state index in [1.54, 1.807) is 6.07 Å². The summed E-state index contributed by atoms with van der Waals surface area (Å²) in [5.41, 5.74) is -0.620. The van der Waals surface area contributed by atoms with Crippen LogP contribution in [0.5, 0.6) is 0 Å². The van der Waals surface area contributed by atoms with Crippen LogP contribution >= 0.6 is 0 Å². The van der Waals surface area contributed by atoms with Gasteiger partial charge < -0.3 is 14.8 Å². The van der Waals surface area contributed by atoms with E-state index in [0.29, 0.717) is 18.8 Å². The Morgan fingerprint density at radius 1 is 1.35 bits per heavy atom. The third-order valence-electron chi connectivity index (χ3n) is 3.66. The molecule has 0 atom stereocenters. The summed E-state index contributed by atoms with van der Waals surface area (Å²) in [6, 6.07) is 3.10. The topological polar surface area (TPSA) is 82.8 Å². The fourth-order valence-corrected chi connectivity index (χ4v) is 3.21. The monoisotopic (exact) mass is 302 g/mol. The highest BCUT2D eigenvalue weighted by Crippen LogP contribution is 2.28. The molecule has 0 radical (unpaired) electrons. The first-order chi connectivity index (χ1) is 9.33. The first kappa shape index (κ1) is 15.5. The smallest absolute Gasteiger partial charge is 0.275 e. The van der Waals surface area contributed by atoms with E-state index >= 15 is 0 Å². The van der Waals surface area contributed by atoms with Crippen LogP contribution in [0.2, 0.25) is 0 Å². The van der Waals surface area contributed by atoms with Gasteiger partial charge in [0, 0.05) is 20.6 Å². The Morgan fingerprint density at radius 2 is 2.00 bits per heavy atom. The van der Waals surface area contributed by atoms with E-state index in [0.717, 1.165) is 30.0 Å². The van der Waals surface area contributed by atoms with Gasteiger partial charge in [-0.2, -0.15) is 0 Å². The number of aliphatic hydroxyl groups is 1. The summed E-state index contributed by atoms with van der Waals surface area (Å²) in [5.74, 6) is 0.548. The van der Waals surface area contributed by atoms with Crippen LogP contribution in [0.1, 0.15) is 31.4 Å². The van der Waals surface area contributed by atoms with Crippen molar-refractivity contribution in [1.29, 1.82) is 0 Å². The summed E-state index contributed by atoms with van der Waals surface area (Å²) in [7, 11) is -0.592. The largest absolute Gasteiger partial charge is 0.447 e. The fraction of sp³-hybridized carbons (Fsp3) is 0.692. The molecular formula is C13H22N2O4S. The first-order valence-corrected chi connectivity index (χ1v) is 8.22. The molecule has 1 aliphatic carbocycles. The van der Waals surface area contributed by atoms with Crippen molar-refractivity contribution in [2.75, 3.05) is 20.6 Å². The van der Waals surface area contributed by atoms with Gasteiger partial charge in [0.1, 0.15) is 5.76 Å². The van der Waals surface area contributed by atoms with Crippen molar-refractivity contribution in [3.05, 3.63) is 17.9 Å². The van der Waals surface area contributed by atoms with Crippen LogP contribution in [0.4, 0.5) is 0 Å². The van der Waals surface area contributed by atoms with Gasteiger partial charge in [0.15, 0.2) is 0 Å². The molecule has 1 aliphatic rings. The highest BCUT2D eigenvalue weighted by Gasteiger charge is 2.30.